The Hall–Kier alpha value is -2.57. The highest BCUT2D eigenvalue weighted by Crippen LogP contribution is 2.25. The minimum Gasteiger partial charge on any atom is -0.481 e. The molecule has 7 heteroatoms. The zero-order valence-electron chi connectivity index (χ0n) is 11.8. The maximum atomic E-state index is 12.1. The summed E-state index contributed by atoms with van der Waals surface area (Å²) in [5.74, 6) is -3.66. The average molecular weight is 307 g/mol. The lowest BCUT2D eigenvalue weighted by molar-refractivity contribution is -0.157. The van der Waals surface area contributed by atoms with E-state index < -0.39 is 30.0 Å². The van der Waals surface area contributed by atoms with Crippen LogP contribution in [-0.4, -0.2) is 45.7 Å². The van der Waals surface area contributed by atoms with Crippen molar-refractivity contribution in [2.45, 2.75) is 25.5 Å². The average Bonchev–Trinajstić information content (AvgIpc) is 2.52. The first kappa shape index (κ1) is 15.8. The summed E-state index contributed by atoms with van der Waals surface area (Å²) in [6.45, 7) is 0.189. The van der Waals surface area contributed by atoms with E-state index in [4.69, 9.17) is 9.84 Å². The fourth-order valence-electron chi connectivity index (χ4n) is 2.57. The molecule has 1 fully saturated rings. The largest absolute Gasteiger partial charge is 0.481 e. The van der Waals surface area contributed by atoms with Crippen LogP contribution >= 0.6 is 0 Å². The van der Waals surface area contributed by atoms with Crippen molar-refractivity contribution in [1.82, 2.24) is 4.90 Å². The van der Waals surface area contributed by atoms with Crippen molar-refractivity contribution in [3.63, 3.8) is 0 Å². The molecule has 7 nitrogen and oxygen atoms in total. The number of hydrogen-bond donors (Lipinski definition) is 2. The second-order valence-electron chi connectivity index (χ2n) is 5.10. The van der Waals surface area contributed by atoms with Crippen molar-refractivity contribution in [2.75, 3.05) is 6.54 Å². The van der Waals surface area contributed by atoms with E-state index >= 15 is 0 Å². The van der Waals surface area contributed by atoms with E-state index in [2.05, 4.69) is 0 Å². The topological polar surface area (TPSA) is 104 Å². The lowest BCUT2D eigenvalue weighted by Gasteiger charge is -2.35. The van der Waals surface area contributed by atoms with Crippen LogP contribution in [0.15, 0.2) is 30.3 Å². The SMILES string of the molecule is O=C(O)[C@@H]1CCCN(C(=O)OCc2ccccc2)[C@H]1C(=O)O. The van der Waals surface area contributed by atoms with E-state index in [9.17, 15) is 19.5 Å². The summed E-state index contributed by atoms with van der Waals surface area (Å²) in [6, 6.07) is 7.58. The minimum atomic E-state index is -1.39. The molecule has 0 unspecified atom stereocenters. The standard InChI is InChI=1S/C15H17NO6/c17-13(18)11-7-4-8-16(12(11)14(19)20)15(21)22-9-10-5-2-1-3-6-10/h1-3,5-6,11-12H,4,7-9H2,(H,17,18)(H,19,20)/t11-,12-/m1/s1. The van der Waals surface area contributed by atoms with E-state index in [1.807, 2.05) is 6.07 Å². The van der Waals surface area contributed by atoms with Crippen LogP contribution in [0.4, 0.5) is 4.79 Å². The number of carbonyl (C=O) groups is 3. The summed E-state index contributed by atoms with van der Waals surface area (Å²) in [6.07, 6.45) is -0.141. The number of rotatable bonds is 4. The van der Waals surface area contributed by atoms with Gasteiger partial charge in [-0.05, 0) is 18.4 Å². The van der Waals surface area contributed by atoms with Gasteiger partial charge in [0.2, 0.25) is 0 Å². The summed E-state index contributed by atoms with van der Waals surface area (Å²) in [5.41, 5.74) is 0.773. The number of hydrogen-bond acceptors (Lipinski definition) is 4. The summed E-state index contributed by atoms with van der Waals surface area (Å²) >= 11 is 0. The lowest BCUT2D eigenvalue weighted by atomic mass is 9.89. The molecule has 0 radical (unpaired) electrons. The van der Waals surface area contributed by atoms with Gasteiger partial charge in [-0.1, -0.05) is 30.3 Å². The third-order valence-corrected chi connectivity index (χ3v) is 3.64. The molecule has 0 spiro atoms. The number of benzene rings is 1. The second-order valence-corrected chi connectivity index (χ2v) is 5.10. The van der Waals surface area contributed by atoms with Crippen molar-refractivity contribution < 1.29 is 29.3 Å². The van der Waals surface area contributed by atoms with Crippen molar-refractivity contribution in [3.8, 4) is 0 Å². The molecule has 0 aromatic heterocycles. The van der Waals surface area contributed by atoms with Crippen LogP contribution in [-0.2, 0) is 20.9 Å². The first-order valence-electron chi connectivity index (χ1n) is 6.93. The molecule has 1 aliphatic rings. The number of likely N-dealkylation sites (tertiary alicyclic amines) is 1. The number of piperidine rings is 1. The van der Waals surface area contributed by atoms with Gasteiger partial charge >= 0.3 is 18.0 Å². The normalized spacial score (nSPS) is 21.2. The van der Waals surface area contributed by atoms with Crippen LogP contribution in [0.5, 0.6) is 0 Å². The molecule has 118 valence electrons. The third-order valence-electron chi connectivity index (χ3n) is 3.64. The maximum absolute atomic E-state index is 12.1. The fourth-order valence-corrected chi connectivity index (χ4v) is 2.57. The number of ether oxygens (including phenoxy) is 1. The quantitative estimate of drug-likeness (QED) is 0.875. The van der Waals surface area contributed by atoms with E-state index in [1.165, 1.54) is 0 Å². The molecule has 1 heterocycles. The summed E-state index contributed by atoms with van der Waals surface area (Å²) in [7, 11) is 0. The molecule has 1 aromatic rings. The molecular formula is C15H17NO6. The molecule has 22 heavy (non-hydrogen) atoms. The summed E-state index contributed by atoms with van der Waals surface area (Å²) in [5, 5.41) is 18.4. The Bertz CT molecular complexity index is 558. The van der Waals surface area contributed by atoms with E-state index in [0.717, 1.165) is 10.5 Å². The Morgan fingerprint density at radius 3 is 2.41 bits per heavy atom. The van der Waals surface area contributed by atoms with Crippen LogP contribution in [0.25, 0.3) is 0 Å². The van der Waals surface area contributed by atoms with Gasteiger partial charge in [-0.25, -0.2) is 9.59 Å². The highest BCUT2D eigenvalue weighted by molar-refractivity contribution is 5.86. The number of aliphatic carboxylic acids is 2. The maximum Gasteiger partial charge on any atom is 0.410 e. The number of amides is 1. The van der Waals surface area contributed by atoms with Gasteiger partial charge in [-0.3, -0.25) is 9.69 Å². The first-order valence-corrected chi connectivity index (χ1v) is 6.93. The van der Waals surface area contributed by atoms with Gasteiger partial charge in [-0.2, -0.15) is 0 Å². The molecule has 1 amide bonds. The number of carboxylic acid groups (broad SMARTS) is 2. The minimum absolute atomic E-state index is 0.0141. The molecule has 2 N–H and O–H groups in total. The van der Waals surface area contributed by atoms with Gasteiger partial charge in [0.05, 0.1) is 5.92 Å². The zero-order valence-corrected chi connectivity index (χ0v) is 11.8. The van der Waals surface area contributed by atoms with Crippen LogP contribution in [0.3, 0.4) is 0 Å². The van der Waals surface area contributed by atoms with Gasteiger partial charge in [0.25, 0.3) is 0 Å². The van der Waals surface area contributed by atoms with Gasteiger partial charge in [0.15, 0.2) is 0 Å². The number of carboxylic acids is 2. The Balaban J connectivity index is 2.06. The smallest absolute Gasteiger partial charge is 0.410 e. The predicted octanol–water partition coefficient (Wildman–Crippen LogP) is 1.57. The van der Waals surface area contributed by atoms with Crippen molar-refractivity contribution >= 4 is 18.0 Å². The molecule has 1 aliphatic heterocycles. The molecule has 0 aliphatic carbocycles. The predicted molar refractivity (Wildman–Crippen MR) is 75.1 cm³/mol. The third kappa shape index (κ3) is 3.55. The molecular weight excluding hydrogens is 290 g/mol. The Labute approximate surface area is 127 Å². The molecule has 0 saturated carbocycles. The van der Waals surface area contributed by atoms with Crippen LogP contribution in [0, 0.1) is 5.92 Å². The van der Waals surface area contributed by atoms with E-state index in [-0.39, 0.29) is 19.6 Å². The molecule has 0 bridgehead atoms. The Morgan fingerprint density at radius 1 is 1.14 bits per heavy atom. The highest BCUT2D eigenvalue weighted by Gasteiger charge is 2.43. The van der Waals surface area contributed by atoms with Crippen molar-refractivity contribution in [3.05, 3.63) is 35.9 Å². The van der Waals surface area contributed by atoms with Gasteiger partial charge in [0.1, 0.15) is 12.6 Å². The fraction of sp³-hybridized carbons (Fsp3) is 0.400. The van der Waals surface area contributed by atoms with Crippen molar-refractivity contribution in [2.24, 2.45) is 5.92 Å². The van der Waals surface area contributed by atoms with E-state index in [0.29, 0.717) is 6.42 Å². The Morgan fingerprint density at radius 2 is 1.82 bits per heavy atom. The number of nitrogens with zero attached hydrogens (tertiary/aromatic N) is 1. The van der Waals surface area contributed by atoms with Gasteiger partial charge in [0, 0.05) is 6.54 Å². The molecule has 2 rings (SSSR count). The van der Waals surface area contributed by atoms with Crippen LogP contribution in [0.2, 0.25) is 0 Å². The van der Waals surface area contributed by atoms with Gasteiger partial charge < -0.3 is 14.9 Å². The zero-order chi connectivity index (χ0) is 16.1. The summed E-state index contributed by atoms with van der Waals surface area (Å²) in [4.78, 5) is 35.6. The lowest BCUT2D eigenvalue weighted by Crippen LogP contribution is -2.54. The molecule has 1 aromatic carbocycles. The number of carbonyl (C=O) groups excluding carboxylic acids is 1. The first-order chi connectivity index (χ1) is 10.5. The van der Waals surface area contributed by atoms with E-state index in [1.54, 1.807) is 24.3 Å². The van der Waals surface area contributed by atoms with Crippen LogP contribution in [0.1, 0.15) is 18.4 Å². The van der Waals surface area contributed by atoms with Crippen LogP contribution < -0.4 is 0 Å². The second kappa shape index (κ2) is 6.93. The monoisotopic (exact) mass is 307 g/mol. The molecule has 1 saturated heterocycles. The highest BCUT2D eigenvalue weighted by atomic mass is 16.6. The van der Waals surface area contributed by atoms with Gasteiger partial charge in [-0.15, -0.1) is 0 Å². The van der Waals surface area contributed by atoms with Crippen molar-refractivity contribution in [1.29, 1.82) is 0 Å². The summed E-state index contributed by atoms with van der Waals surface area (Å²) < 4.78 is 5.11. The molecule has 2 atom stereocenters. The Kier molecular flexibility index (Phi) is 4.98.